The molecule has 0 spiro atoms. The molecular formula is C26H27N3O2. The number of aromatic nitrogens is 1. The fraction of sp³-hybridized carbons (Fsp3) is 0.308. The van der Waals surface area contributed by atoms with E-state index in [-0.39, 0.29) is 11.9 Å². The average Bonchev–Trinajstić information content (AvgIpc) is 3.32. The van der Waals surface area contributed by atoms with Gasteiger partial charge in [-0.25, -0.2) is 0 Å². The van der Waals surface area contributed by atoms with Crippen LogP contribution in [0.2, 0.25) is 0 Å². The topological polar surface area (TPSA) is 54.5 Å². The van der Waals surface area contributed by atoms with E-state index in [2.05, 4.69) is 29.6 Å². The molecule has 1 N–H and O–H groups in total. The summed E-state index contributed by atoms with van der Waals surface area (Å²) in [6, 6.07) is 14.1. The van der Waals surface area contributed by atoms with E-state index in [0.29, 0.717) is 12.2 Å². The summed E-state index contributed by atoms with van der Waals surface area (Å²) < 4.78 is 5.75. The van der Waals surface area contributed by atoms with Crippen molar-refractivity contribution >= 4 is 28.1 Å². The van der Waals surface area contributed by atoms with E-state index in [1.165, 1.54) is 17.6 Å². The van der Waals surface area contributed by atoms with Crippen molar-refractivity contribution in [3.8, 4) is 5.75 Å². The number of carbonyl (C=O) groups excluding carboxylic acids is 1. The lowest BCUT2D eigenvalue weighted by molar-refractivity contribution is 0.0925. The highest BCUT2D eigenvalue weighted by Gasteiger charge is 2.26. The number of hydrogen-bond acceptors (Lipinski definition) is 4. The van der Waals surface area contributed by atoms with Crippen molar-refractivity contribution in [1.82, 2.24) is 10.3 Å². The Bertz CT molecular complexity index is 1180. The Balaban J connectivity index is 1.54. The van der Waals surface area contributed by atoms with Crippen molar-refractivity contribution in [3.63, 3.8) is 0 Å². The maximum atomic E-state index is 13.4. The third kappa shape index (κ3) is 3.54. The number of rotatable bonds is 4. The van der Waals surface area contributed by atoms with E-state index in [1.807, 2.05) is 43.3 Å². The number of benzene rings is 2. The van der Waals surface area contributed by atoms with Gasteiger partial charge in [-0.15, -0.1) is 0 Å². The summed E-state index contributed by atoms with van der Waals surface area (Å²) in [5.74, 6) is 0.739. The number of ether oxygens (including phenoxy) is 1. The summed E-state index contributed by atoms with van der Waals surface area (Å²) in [5, 5.41) is 4.23. The highest BCUT2D eigenvalue weighted by atomic mass is 16.5. The highest BCUT2D eigenvalue weighted by Crippen LogP contribution is 2.37. The normalized spacial score (nSPS) is 17.6. The van der Waals surface area contributed by atoms with Gasteiger partial charge in [0, 0.05) is 43.2 Å². The van der Waals surface area contributed by atoms with Crippen molar-refractivity contribution in [1.29, 1.82) is 0 Å². The molecule has 0 radical (unpaired) electrons. The van der Waals surface area contributed by atoms with E-state index >= 15 is 0 Å². The van der Waals surface area contributed by atoms with Gasteiger partial charge in [-0.05, 0) is 30.9 Å². The van der Waals surface area contributed by atoms with E-state index in [1.54, 1.807) is 6.20 Å². The van der Waals surface area contributed by atoms with Crippen LogP contribution in [0, 0.1) is 0 Å². The van der Waals surface area contributed by atoms with Gasteiger partial charge >= 0.3 is 0 Å². The number of para-hydroxylation sites is 2. The van der Waals surface area contributed by atoms with Crippen molar-refractivity contribution < 1.29 is 9.53 Å². The molecule has 1 amide bonds. The lowest BCUT2D eigenvalue weighted by Crippen LogP contribution is -2.33. The first-order valence-corrected chi connectivity index (χ1v) is 10.9. The molecule has 2 heterocycles. The minimum atomic E-state index is -0.106. The average molecular weight is 414 g/mol. The van der Waals surface area contributed by atoms with E-state index in [9.17, 15) is 4.79 Å². The van der Waals surface area contributed by atoms with Crippen molar-refractivity contribution in [2.45, 2.75) is 31.7 Å². The number of fused-ring (bicyclic) bond motifs is 2. The maximum absolute atomic E-state index is 13.4. The SMILES string of the molecule is CN(C)c1c(C(=O)NC2CCOc3ccccc32)cnc2c(C3=CCCC3)cccc12. The Morgan fingerprint density at radius 1 is 1.16 bits per heavy atom. The van der Waals surface area contributed by atoms with E-state index in [4.69, 9.17) is 9.72 Å². The molecule has 5 nitrogen and oxygen atoms in total. The Morgan fingerprint density at radius 2 is 2.03 bits per heavy atom. The summed E-state index contributed by atoms with van der Waals surface area (Å²) in [6.45, 7) is 0.594. The molecule has 1 aliphatic carbocycles. The Labute approximate surface area is 182 Å². The lowest BCUT2D eigenvalue weighted by Gasteiger charge is -2.27. The Morgan fingerprint density at radius 3 is 2.84 bits per heavy atom. The van der Waals surface area contributed by atoms with Crippen LogP contribution in [0.1, 0.15) is 53.2 Å². The second-order valence-electron chi connectivity index (χ2n) is 8.44. The summed E-state index contributed by atoms with van der Waals surface area (Å²) in [6.07, 6.45) is 8.20. The van der Waals surface area contributed by atoms with Gasteiger partial charge in [0.2, 0.25) is 0 Å². The number of pyridine rings is 1. The predicted molar refractivity (Wildman–Crippen MR) is 125 cm³/mol. The van der Waals surface area contributed by atoms with Crippen molar-refractivity contribution in [2.24, 2.45) is 0 Å². The van der Waals surface area contributed by atoms with Crippen LogP contribution in [-0.4, -0.2) is 31.6 Å². The zero-order valence-corrected chi connectivity index (χ0v) is 18.0. The van der Waals surface area contributed by atoms with Crippen LogP contribution in [0.25, 0.3) is 16.5 Å². The summed E-state index contributed by atoms with van der Waals surface area (Å²) in [7, 11) is 3.97. The molecule has 31 heavy (non-hydrogen) atoms. The minimum Gasteiger partial charge on any atom is -0.493 e. The standard InChI is InChI=1S/C26H27N3O2/c1-29(2)25-20-12-7-11-18(17-8-3-4-9-17)24(20)27-16-21(25)26(30)28-22-14-15-31-23-13-6-5-10-19(22)23/h5-8,10-13,16,22H,3-4,9,14-15H2,1-2H3,(H,28,30). The highest BCUT2D eigenvalue weighted by molar-refractivity contribution is 6.09. The second kappa shape index (κ2) is 8.06. The molecule has 2 aromatic carbocycles. The van der Waals surface area contributed by atoms with E-state index < -0.39 is 0 Å². The quantitative estimate of drug-likeness (QED) is 0.645. The summed E-state index contributed by atoms with van der Waals surface area (Å²) in [4.78, 5) is 20.2. The largest absolute Gasteiger partial charge is 0.493 e. The number of allylic oxidation sites excluding steroid dienone is 2. The fourth-order valence-electron chi connectivity index (χ4n) is 4.76. The molecule has 3 aromatic rings. The molecular weight excluding hydrogens is 386 g/mol. The molecule has 1 unspecified atom stereocenters. The number of carbonyl (C=O) groups is 1. The van der Waals surface area contributed by atoms with Crippen LogP contribution in [0.3, 0.4) is 0 Å². The van der Waals surface area contributed by atoms with Gasteiger partial charge in [0.05, 0.1) is 29.4 Å². The number of nitrogens with zero attached hydrogens (tertiary/aromatic N) is 2. The number of nitrogens with one attached hydrogen (secondary N) is 1. The lowest BCUT2D eigenvalue weighted by atomic mass is 9.98. The third-order valence-corrected chi connectivity index (χ3v) is 6.21. The van der Waals surface area contributed by atoms with Gasteiger partial charge in [0.1, 0.15) is 5.75 Å². The molecule has 0 bridgehead atoms. The van der Waals surface area contributed by atoms with Crippen molar-refractivity contribution in [3.05, 3.63) is 71.4 Å². The Hall–Kier alpha value is -3.34. The first kappa shape index (κ1) is 19.6. The third-order valence-electron chi connectivity index (χ3n) is 6.21. The smallest absolute Gasteiger partial charge is 0.255 e. The molecule has 0 fully saturated rings. The second-order valence-corrected chi connectivity index (χ2v) is 8.44. The first-order valence-electron chi connectivity index (χ1n) is 10.9. The number of hydrogen-bond donors (Lipinski definition) is 1. The first-order chi connectivity index (χ1) is 15.1. The Kier molecular flexibility index (Phi) is 5.10. The van der Waals surface area contributed by atoms with Crippen LogP contribution in [-0.2, 0) is 0 Å². The molecule has 0 saturated carbocycles. The molecule has 0 saturated heterocycles. The van der Waals surface area contributed by atoms with Gasteiger partial charge in [-0.1, -0.05) is 42.5 Å². The minimum absolute atomic E-state index is 0.0712. The van der Waals surface area contributed by atoms with Gasteiger partial charge < -0.3 is 15.0 Å². The van der Waals surface area contributed by atoms with Crippen LogP contribution in [0.4, 0.5) is 5.69 Å². The van der Waals surface area contributed by atoms with Gasteiger partial charge in [0.25, 0.3) is 5.91 Å². The van der Waals surface area contributed by atoms with Crippen LogP contribution in [0.5, 0.6) is 5.75 Å². The fourth-order valence-corrected chi connectivity index (χ4v) is 4.76. The van der Waals surface area contributed by atoms with Crippen LogP contribution >= 0.6 is 0 Å². The predicted octanol–water partition coefficient (Wildman–Crippen LogP) is 5.12. The van der Waals surface area contributed by atoms with Crippen LogP contribution < -0.4 is 15.0 Å². The molecule has 1 atom stereocenters. The molecule has 5 heteroatoms. The zero-order valence-electron chi connectivity index (χ0n) is 18.0. The molecule has 1 aliphatic heterocycles. The summed E-state index contributed by atoms with van der Waals surface area (Å²) >= 11 is 0. The number of amides is 1. The molecule has 2 aliphatic rings. The summed E-state index contributed by atoms with van der Waals surface area (Å²) in [5.41, 5.74) is 6.04. The molecule has 158 valence electrons. The van der Waals surface area contributed by atoms with Crippen molar-refractivity contribution in [2.75, 3.05) is 25.6 Å². The monoisotopic (exact) mass is 413 g/mol. The maximum Gasteiger partial charge on any atom is 0.255 e. The van der Waals surface area contributed by atoms with Gasteiger partial charge in [0.15, 0.2) is 0 Å². The van der Waals surface area contributed by atoms with E-state index in [0.717, 1.165) is 47.2 Å². The molecule has 1 aromatic heterocycles. The zero-order chi connectivity index (χ0) is 21.4. The number of anilines is 1. The molecule has 5 rings (SSSR count). The van der Waals surface area contributed by atoms with Gasteiger partial charge in [-0.2, -0.15) is 0 Å². The van der Waals surface area contributed by atoms with Crippen LogP contribution in [0.15, 0.2) is 54.7 Å². The van der Waals surface area contributed by atoms with Gasteiger partial charge in [-0.3, -0.25) is 9.78 Å².